The van der Waals surface area contributed by atoms with Gasteiger partial charge in [0.25, 0.3) is 0 Å². The minimum atomic E-state index is -0.804. The molecular weight excluding hydrogens is 244 g/mol. The van der Waals surface area contributed by atoms with E-state index in [2.05, 4.69) is 10.2 Å². The van der Waals surface area contributed by atoms with Crippen LogP contribution in [0, 0.1) is 6.92 Å². The average molecular weight is 260 g/mol. The zero-order valence-electron chi connectivity index (χ0n) is 10.9. The Morgan fingerprint density at radius 1 is 1.37 bits per heavy atom. The zero-order chi connectivity index (χ0) is 13.8. The van der Waals surface area contributed by atoms with E-state index in [1.807, 2.05) is 31.2 Å². The molecule has 100 valence electrons. The van der Waals surface area contributed by atoms with Crippen LogP contribution in [0.15, 0.2) is 24.3 Å². The quantitative estimate of drug-likeness (QED) is 0.865. The van der Waals surface area contributed by atoms with Gasteiger partial charge in [0.15, 0.2) is 0 Å². The number of H-pyrrole nitrogens is 1. The molecule has 19 heavy (non-hydrogen) atoms. The van der Waals surface area contributed by atoms with Gasteiger partial charge in [-0.3, -0.25) is 9.89 Å². The second-order valence-corrected chi connectivity index (χ2v) is 4.30. The summed E-state index contributed by atoms with van der Waals surface area (Å²) in [5.41, 5.74) is 3.62. The van der Waals surface area contributed by atoms with Crippen LogP contribution in [0.3, 0.4) is 0 Å². The third-order valence-corrected chi connectivity index (χ3v) is 3.03. The minimum absolute atomic E-state index is 0.101. The molecule has 1 heterocycles. The number of benzene rings is 1. The summed E-state index contributed by atoms with van der Waals surface area (Å²) in [5, 5.41) is 16.0. The standard InChI is InChI=1S/C14H16N2O3/c1-9-12(7-8-13(17)18)14(16-15-9)10-3-5-11(19-2)6-4-10/h3-6H,7-8H2,1-2H3,(H,15,16)(H,17,18). The summed E-state index contributed by atoms with van der Waals surface area (Å²) in [4.78, 5) is 10.7. The molecule has 0 amide bonds. The second kappa shape index (κ2) is 5.56. The molecule has 0 unspecified atom stereocenters. The molecule has 5 heteroatoms. The highest BCUT2D eigenvalue weighted by atomic mass is 16.5. The van der Waals surface area contributed by atoms with Crippen molar-refractivity contribution in [3.05, 3.63) is 35.5 Å². The molecule has 0 aliphatic heterocycles. The summed E-state index contributed by atoms with van der Waals surface area (Å²) in [7, 11) is 1.62. The maximum atomic E-state index is 10.7. The van der Waals surface area contributed by atoms with Gasteiger partial charge < -0.3 is 9.84 Å². The maximum absolute atomic E-state index is 10.7. The van der Waals surface area contributed by atoms with Gasteiger partial charge >= 0.3 is 5.97 Å². The third-order valence-electron chi connectivity index (χ3n) is 3.03. The predicted octanol–water partition coefficient (Wildman–Crippen LogP) is 2.41. The van der Waals surface area contributed by atoms with E-state index >= 15 is 0 Å². The molecule has 2 N–H and O–H groups in total. The van der Waals surface area contributed by atoms with E-state index in [1.165, 1.54) is 0 Å². The Labute approximate surface area is 111 Å². The first-order valence-electron chi connectivity index (χ1n) is 6.02. The Hall–Kier alpha value is -2.30. The number of methoxy groups -OCH3 is 1. The number of carbonyl (C=O) groups is 1. The highest BCUT2D eigenvalue weighted by Crippen LogP contribution is 2.26. The highest BCUT2D eigenvalue weighted by molar-refractivity contribution is 5.69. The maximum Gasteiger partial charge on any atom is 0.303 e. The fourth-order valence-electron chi connectivity index (χ4n) is 1.98. The average Bonchev–Trinajstić information content (AvgIpc) is 2.78. The zero-order valence-corrected chi connectivity index (χ0v) is 10.9. The summed E-state index contributed by atoms with van der Waals surface area (Å²) in [5.74, 6) is -0.0237. The predicted molar refractivity (Wildman–Crippen MR) is 71.3 cm³/mol. The number of carboxylic acids is 1. The number of nitrogens with zero attached hydrogens (tertiary/aromatic N) is 1. The number of aromatic amines is 1. The first-order chi connectivity index (χ1) is 9.11. The molecule has 0 aliphatic carbocycles. The molecule has 1 aromatic carbocycles. The molecule has 0 aliphatic rings. The topological polar surface area (TPSA) is 75.2 Å². The number of nitrogens with one attached hydrogen (secondary N) is 1. The van der Waals surface area contributed by atoms with Crippen molar-refractivity contribution in [2.24, 2.45) is 0 Å². The lowest BCUT2D eigenvalue weighted by Crippen LogP contribution is -1.99. The Bertz CT molecular complexity index is 573. The Morgan fingerprint density at radius 2 is 2.05 bits per heavy atom. The van der Waals surface area contributed by atoms with Crippen molar-refractivity contribution < 1.29 is 14.6 Å². The number of aliphatic carboxylic acids is 1. The molecule has 0 bridgehead atoms. The van der Waals surface area contributed by atoms with E-state index in [0.717, 1.165) is 28.3 Å². The summed E-state index contributed by atoms with van der Waals surface area (Å²) in [6, 6.07) is 7.55. The van der Waals surface area contributed by atoms with Crippen molar-refractivity contribution in [2.75, 3.05) is 7.11 Å². The number of aryl methyl sites for hydroxylation is 1. The first-order valence-corrected chi connectivity index (χ1v) is 6.02. The SMILES string of the molecule is COc1ccc(-c2n[nH]c(C)c2CCC(=O)O)cc1. The van der Waals surface area contributed by atoms with Gasteiger partial charge in [-0.1, -0.05) is 0 Å². The van der Waals surface area contributed by atoms with Crippen molar-refractivity contribution in [1.82, 2.24) is 10.2 Å². The highest BCUT2D eigenvalue weighted by Gasteiger charge is 2.13. The van der Waals surface area contributed by atoms with Crippen LogP contribution in [0.25, 0.3) is 11.3 Å². The molecule has 0 spiro atoms. The van der Waals surface area contributed by atoms with Gasteiger partial charge in [0.1, 0.15) is 5.75 Å². The van der Waals surface area contributed by atoms with E-state index in [1.54, 1.807) is 7.11 Å². The van der Waals surface area contributed by atoms with Gasteiger partial charge in [0, 0.05) is 23.2 Å². The number of hydrogen-bond acceptors (Lipinski definition) is 3. The fourth-order valence-corrected chi connectivity index (χ4v) is 1.98. The van der Waals surface area contributed by atoms with Crippen LogP contribution in [0.5, 0.6) is 5.75 Å². The molecular formula is C14H16N2O3. The van der Waals surface area contributed by atoms with Gasteiger partial charge in [-0.25, -0.2) is 0 Å². The van der Waals surface area contributed by atoms with Gasteiger partial charge in [-0.05, 0) is 37.6 Å². The van der Waals surface area contributed by atoms with Crippen molar-refractivity contribution in [3.63, 3.8) is 0 Å². The molecule has 2 rings (SSSR count). The smallest absolute Gasteiger partial charge is 0.303 e. The van der Waals surface area contributed by atoms with E-state index in [-0.39, 0.29) is 6.42 Å². The molecule has 0 fully saturated rings. The molecule has 0 radical (unpaired) electrons. The molecule has 5 nitrogen and oxygen atoms in total. The van der Waals surface area contributed by atoms with Crippen molar-refractivity contribution in [1.29, 1.82) is 0 Å². The minimum Gasteiger partial charge on any atom is -0.497 e. The van der Waals surface area contributed by atoms with Crippen LogP contribution >= 0.6 is 0 Å². The lowest BCUT2D eigenvalue weighted by molar-refractivity contribution is -0.136. The Balaban J connectivity index is 2.30. The van der Waals surface area contributed by atoms with Gasteiger partial charge in [-0.2, -0.15) is 5.10 Å². The first kappa shape index (κ1) is 13.1. The van der Waals surface area contributed by atoms with Crippen LogP contribution in [-0.2, 0) is 11.2 Å². The third kappa shape index (κ3) is 2.93. The largest absolute Gasteiger partial charge is 0.497 e. The van der Waals surface area contributed by atoms with Gasteiger partial charge in [-0.15, -0.1) is 0 Å². The molecule has 0 saturated carbocycles. The summed E-state index contributed by atoms with van der Waals surface area (Å²) >= 11 is 0. The normalized spacial score (nSPS) is 10.4. The van der Waals surface area contributed by atoms with Gasteiger partial charge in [0.2, 0.25) is 0 Å². The van der Waals surface area contributed by atoms with Crippen molar-refractivity contribution in [3.8, 4) is 17.0 Å². The van der Waals surface area contributed by atoms with Crippen molar-refractivity contribution >= 4 is 5.97 Å². The molecule has 1 aromatic heterocycles. The summed E-state index contributed by atoms with van der Waals surface area (Å²) < 4.78 is 5.11. The number of rotatable bonds is 5. The second-order valence-electron chi connectivity index (χ2n) is 4.30. The summed E-state index contributed by atoms with van der Waals surface area (Å²) in [6.45, 7) is 1.90. The van der Waals surface area contributed by atoms with E-state index in [9.17, 15) is 4.79 Å². The van der Waals surface area contributed by atoms with Crippen LogP contribution in [0.4, 0.5) is 0 Å². The summed E-state index contributed by atoms with van der Waals surface area (Å²) in [6.07, 6.45) is 0.572. The molecule has 0 saturated heterocycles. The van der Waals surface area contributed by atoms with E-state index < -0.39 is 5.97 Å². The molecule has 2 aromatic rings. The Kier molecular flexibility index (Phi) is 3.85. The van der Waals surface area contributed by atoms with E-state index in [4.69, 9.17) is 9.84 Å². The lowest BCUT2D eigenvalue weighted by atomic mass is 10.0. The lowest BCUT2D eigenvalue weighted by Gasteiger charge is -2.04. The number of carboxylic acid groups (broad SMARTS) is 1. The fraction of sp³-hybridized carbons (Fsp3) is 0.286. The van der Waals surface area contributed by atoms with Crippen LogP contribution < -0.4 is 4.74 Å². The number of aromatic nitrogens is 2. The van der Waals surface area contributed by atoms with Gasteiger partial charge in [0.05, 0.1) is 12.8 Å². The van der Waals surface area contributed by atoms with E-state index in [0.29, 0.717) is 6.42 Å². The van der Waals surface area contributed by atoms with Crippen LogP contribution in [0.2, 0.25) is 0 Å². The molecule has 0 atom stereocenters. The Morgan fingerprint density at radius 3 is 2.63 bits per heavy atom. The number of ether oxygens (including phenoxy) is 1. The van der Waals surface area contributed by atoms with Crippen molar-refractivity contribution in [2.45, 2.75) is 19.8 Å². The van der Waals surface area contributed by atoms with Crippen LogP contribution in [-0.4, -0.2) is 28.4 Å². The number of hydrogen-bond donors (Lipinski definition) is 2. The monoisotopic (exact) mass is 260 g/mol. The van der Waals surface area contributed by atoms with Crippen LogP contribution in [0.1, 0.15) is 17.7 Å².